The first-order valence-corrected chi connectivity index (χ1v) is 7.11. The smallest absolute Gasteiger partial charge is 0.137 e. The Hall–Kier alpha value is -1.09. The fourth-order valence-electron chi connectivity index (χ4n) is 2.27. The first-order valence-electron chi connectivity index (χ1n) is 7.11. The van der Waals surface area contributed by atoms with Crippen molar-refractivity contribution in [3.8, 4) is 5.75 Å². The molecule has 1 aromatic heterocycles. The molecule has 1 atom stereocenters. The number of hydrogen-bond donors (Lipinski definition) is 1. The van der Waals surface area contributed by atoms with Crippen molar-refractivity contribution in [2.45, 2.75) is 45.6 Å². The normalized spacial score (nSPS) is 17.2. The van der Waals surface area contributed by atoms with Gasteiger partial charge in [0, 0.05) is 6.04 Å². The van der Waals surface area contributed by atoms with Gasteiger partial charge in [0.2, 0.25) is 0 Å². The average molecular weight is 248 g/mol. The van der Waals surface area contributed by atoms with E-state index in [9.17, 15) is 0 Å². The zero-order chi connectivity index (χ0) is 12.8. The van der Waals surface area contributed by atoms with Crippen LogP contribution in [0.4, 0.5) is 0 Å². The number of hydrogen-bond acceptors (Lipinski definition) is 3. The van der Waals surface area contributed by atoms with Gasteiger partial charge in [-0.15, -0.1) is 0 Å². The Morgan fingerprint density at radius 1 is 1.44 bits per heavy atom. The molecule has 1 unspecified atom stereocenters. The lowest BCUT2D eigenvalue weighted by molar-refractivity contribution is 0.221. The third kappa shape index (κ3) is 3.70. The second-order valence-electron chi connectivity index (χ2n) is 5.13. The maximum absolute atomic E-state index is 5.72. The van der Waals surface area contributed by atoms with Gasteiger partial charge in [0.1, 0.15) is 5.75 Å². The first-order chi connectivity index (χ1) is 8.79. The second kappa shape index (κ2) is 6.74. The Morgan fingerprint density at radius 2 is 2.28 bits per heavy atom. The summed E-state index contributed by atoms with van der Waals surface area (Å²) in [6.45, 7) is 6.02. The quantitative estimate of drug-likeness (QED) is 0.803. The van der Waals surface area contributed by atoms with Crippen molar-refractivity contribution >= 4 is 0 Å². The lowest BCUT2D eigenvalue weighted by Gasteiger charge is -2.24. The molecular weight excluding hydrogens is 224 g/mol. The maximum Gasteiger partial charge on any atom is 0.137 e. The van der Waals surface area contributed by atoms with Gasteiger partial charge in [-0.1, -0.05) is 26.2 Å². The molecule has 1 saturated carbocycles. The summed E-state index contributed by atoms with van der Waals surface area (Å²) in [5, 5.41) is 3.35. The summed E-state index contributed by atoms with van der Waals surface area (Å²) in [7, 11) is 0. The summed E-state index contributed by atoms with van der Waals surface area (Å²) < 4.78 is 5.72. The highest BCUT2D eigenvalue weighted by atomic mass is 16.5. The van der Waals surface area contributed by atoms with Crippen LogP contribution in [0.3, 0.4) is 0 Å². The molecule has 0 aliphatic heterocycles. The highest BCUT2D eigenvalue weighted by Gasteiger charge is 2.16. The van der Waals surface area contributed by atoms with Crippen LogP contribution in [0.5, 0.6) is 5.75 Å². The van der Waals surface area contributed by atoms with Crippen LogP contribution in [0.2, 0.25) is 0 Å². The van der Waals surface area contributed by atoms with Crippen LogP contribution in [0.25, 0.3) is 0 Å². The minimum Gasteiger partial charge on any atom is -0.492 e. The van der Waals surface area contributed by atoms with Gasteiger partial charge >= 0.3 is 0 Å². The molecule has 18 heavy (non-hydrogen) atoms. The van der Waals surface area contributed by atoms with Crippen LogP contribution in [0, 0.1) is 5.92 Å². The summed E-state index contributed by atoms with van der Waals surface area (Å²) in [4.78, 5) is 4.44. The van der Waals surface area contributed by atoms with E-state index in [1.165, 1.54) is 25.7 Å². The summed E-state index contributed by atoms with van der Waals surface area (Å²) in [6.07, 6.45) is 7.21. The summed E-state index contributed by atoms with van der Waals surface area (Å²) >= 11 is 0. The molecule has 1 N–H and O–H groups in total. The molecule has 1 aromatic rings. The topological polar surface area (TPSA) is 34.1 Å². The van der Waals surface area contributed by atoms with Crippen molar-refractivity contribution in [3.63, 3.8) is 0 Å². The van der Waals surface area contributed by atoms with E-state index in [0.29, 0.717) is 6.04 Å². The van der Waals surface area contributed by atoms with E-state index in [1.807, 2.05) is 18.3 Å². The minimum absolute atomic E-state index is 0.305. The molecule has 0 aromatic carbocycles. The van der Waals surface area contributed by atoms with Crippen LogP contribution in [0.15, 0.2) is 18.3 Å². The van der Waals surface area contributed by atoms with E-state index in [1.54, 1.807) is 0 Å². The molecule has 0 spiro atoms. The molecule has 0 amide bonds. The third-order valence-electron chi connectivity index (χ3n) is 3.73. The van der Waals surface area contributed by atoms with Gasteiger partial charge in [0.15, 0.2) is 0 Å². The van der Waals surface area contributed by atoms with Crippen LogP contribution < -0.4 is 10.1 Å². The zero-order valence-corrected chi connectivity index (χ0v) is 11.5. The maximum atomic E-state index is 5.72. The fourth-order valence-corrected chi connectivity index (χ4v) is 2.27. The molecular formula is C15H24N2O. The molecule has 1 aliphatic rings. The Morgan fingerprint density at radius 3 is 2.83 bits per heavy atom. The Labute approximate surface area is 110 Å². The monoisotopic (exact) mass is 248 g/mol. The molecule has 1 heterocycles. The minimum atomic E-state index is 0.305. The van der Waals surface area contributed by atoms with Crippen LogP contribution in [-0.2, 0) is 0 Å². The van der Waals surface area contributed by atoms with E-state index in [0.717, 1.165) is 30.5 Å². The fraction of sp³-hybridized carbons (Fsp3) is 0.667. The van der Waals surface area contributed by atoms with Crippen molar-refractivity contribution in [1.82, 2.24) is 10.3 Å². The Kier molecular flexibility index (Phi) is 5.00. The van der Waals surface area contributed by atoms with E-state index < -0.39 is 0 Å². The highest BCUT2D eigenvalue weighted by Crippen LogP contribution is 2.29. The standard InChI is InChI=1S/C15H24N2O/c1-3-16-12(2)15-8-7-14(11-17-15)18-10-9-13-5-4-6-13/h7-8,11-13,16H,3-6,9-10H2,1-2H3. The number of nitrogens with one attached hydrogen (secondary N) is 1. The van der Waals surface area contributed by atoms with Crippen LogP contribution >= 0.6 is 0 Å². The Balaban J connectivity index is 1.75. The molecule has 0 saturated heterocycles. The predicted molar refractivity (Wildman–Crippen MR) is 73.8 cm³/mol. The van der Waals surface area contributed by atoms with Gasteiger partial charge < -0.3 is 10.1 Å². The van der Waals surface area contributed by atoms with Crippen LogP contribution in [0.1, 0.15) is 51.3 Å². The SMILES string of the molecule is CCNC(C)c1ccc(OCCC2CCC2)cn1. The molecule has 1 fully saturated rings. The molecule has 0 bridgehead atoms. The molecule has 100 valence electrons. The predicted octanol–water partition coefficient (Wildman–Crippen LogP) is 3.32. The molecule has 0 radical (unpaired) electrons. The Bertz CT molecular complexity index is 346. The molecule has 3 heteroatoms. The van der Waals surface area contributed by atoms with Gasteiger partial charge in [0.25, 0.3) is 0 Å². The van der Waals surface area contributed by atoms with Crippen molar-refractivity contribution in [3.05, 3.63) is 24.0 Å². The third-order valence-corrected chi connectivity index (χ3v) is 3.73. The molecule has 2 rings (SSSR count). The van der Waals surface area contributed by atoms with Crippen molar-refractivity contribution in [2.24, 2.45) is 5.92 Å². The molecule has 1 aliphatic carbocycles. The van der Waals surface area contributed by atoms with Crippen LogP contribution in [-0.4, -0.2) is 18.1 Å². The lowest BCUT2D eigenvalue weighted by atomic mass is 9.83. The van der Waals surface area contributed by atoms with Gasteiger partial charge in [-0.25, -0.2) is 0 Å². The van der Waals surface area contributed by atoms with E-state index in [2.05, 4.69) is 24.1 Å². The number of ether oxygens (including phenoxy) is 1. The van der Waals surface area contributed by atoms with E-state index >= 15 is 0 Å². The average Bonchev–Trinajstić information content (AvgIpc) is 2.33. The van der Waals surface area contributed by atoms with E-state index in [4.69, 9.17) is 4.74 Å². The van der Waals surface area contributed by atoms with Crippen molar-refractivity contribution < 1.29 is 4.74 Å². The zero-order valence-electron chi connectivity index (χ0n) is 11.5. The number of nitrogens with zero attached hydrogens (tertiary/aromatic N) is 1. The largest absolute Gasteiger partial charge is 0.492 e. The van der Waals surface area contributed by atoms with Crippen molar-refractivity contribution in [1.29, 1.82) is 0 Å². The highest BCUT2D eigenvalue weighted by molar-refractivity contribution is 5.21. The summed E-state index contributed by atoms with van der Waals surface area (Å²) in [5.74, 6) is 1.80. The number of pyridine rings is 1. The van der Waals surface area contributed by atoms with Crippen molar-refractivity contribution in [2.75, 3.05) is 13.2 Å². The van der Waals surface area contributed by atoms with Gasteiger partial charge in [-0.05, 0) is 37.9 Å². The first kappa shape index (κ1) is 13.3. The van der Waals surface area contributed by atoms with E-state index in [-0.39, 0.29) is 0 Å². The summed E-state index contributed by atoms with van der Waals surface area (Å²) in [5.41, 5.74) is 1.07. The van der Waals surface area contributed by atoms with Gasteiger partial charge in [-0.3, -0.25) is 4.98 Å². The number of rotatable bonds is 7. The van der Waals surface area contributed by atoms with Gasteiger partial charge in [-0.2, -0.15) is 0 Å². The second-order valence-corrected chi connectivity index (χ2v) is 5.13. The lowest BCUT2D eigenvalue weighted by Crippen LogP contribution is -2.18. The van der Waals surface area contributed by atoms with Gasteiger partial charge in [0.05, 0.1) is 18.5 Å². The number of aromatic nitrogens is 1. The molecule has 3 nitrogen and oxygen atoms in total. The summed E-state index contributed by atoms with van der Waals surface area (Å²) in [6, 6.07) is 4.38.